The van der Waals surface area contributed by atoms with Gasteiger partial charge in [0.25, 0.3) is 12.4 Å². The van der Waals surface area contributed by atoms with Crippen LogP contribution in [0.25, 0.3) is 11.6 Å². The van der Waals surface area contributed by atoms with Gasteiger partial charge < -0.3 is 20.1 Å². The Balaban J connectivity index is 0.00000141. The van der Waals surface area contributed by atoms with E-state index in [2.05, 4.69) is 30.6 Å². The number of nitrogens with one attached hydrogen (secondary N) is 2. The zero-order chi connectivity index (χ0) is 32.2. The summed E-state index contributed by atoms with van der Waals surface area (Å²) in [7, 11) is 0. The van der Waals surface area contributed by atoms with E-state index in [9.17, 15) is 27.2 Å². The van der Waals surface area contributed by atoms with Gasteiger partial charge in [-0.25, -0.2) is 14.2 Å². The summed E-state index contributed by atoms with van der Waals surface area (Å²) in [6, 6.07) is 3.94. The van der Waals surface area contributed by atoms with Crippen molar-refractivity contribution in [2.45, 2.75) is 33.1 Å². The second kappa shape index (κ2) is 12.8. The third kappa shape index (κ3) is 6.96. The van der Waals surface area contributed by atoms with E-state index in [0.29, 0.717) is 53.1 Å². The van der Waals surface area contributed by atoms with Crippen molar-refractivity contribution in [1.29, 1.82) is 0 Å². The van der Waals surface area contributed by atoms with Gasteiger partial charge in [0.15, 0.2) is 0 Å². The molecule has 0 bridgehead atoms. The van der Waals surface area contributed by atoms with E-state index in [1.165, 1.54) is 18.3 Å². The maximum atomic E-state index is 14.9. The highest BCUT2D eigenvalue weighted by atomic mass is 19.4. The standard InChI is InChI=1S/C27H23F4N7O3.CH2O2/c1-13(2)41-26(40)37-25-34-12-15-9-18(23-33-6-7-38(23)22(15)36-25)17-11-20(19(28)8-14(17)3)35-24(39)21-10-16(4-5-32-21)27(29,30)31;2-1-3/h4-5,8-13H,6-7H2,1-3H3,(H,35,39)(H,34,36,37,40);1H,(H,2,3). The fourth-order valence-corrected chi connectivity index (χ4v) is 4.37. The third-order valence-corrected chi connectivity index (χ3v) is 6.16. The number of aryl methyl sites for hydroxylation is 1. The van der Waals surface area contributed by atoms with Gasteiger partial charge in [0.2, 0.25) is 5.95 Å². The number of hydrogen-bond donors (Lipinski definition) is 3. The number of alkyl halides is 3. The molecular formula is C28H25F4N7O5. The Kier molecular flexibility index (Phi) is 9.20. The van der Waals surface area contributed by atoms with Crippen molar-refractivity contribution in [1.82, 2.24) is 15.0 Å². The van der Waals surface area contributed by atoms with Gasteiger partial charge >= 0.3 is 12.3 Å². The Morgan fingerprint density at radius 1 is 1.16 bits per heavy atom. The molecule has 0 saturated heterocycles. The lowest BCUT2D eigenvalue weighted by Gasteiger charge is -2.28. The highest BCUT2D eigenvalue weighted by Crippen LogP contribution is 2.37. The minimum atomic E-state index is -4.67. The minimum absolute atomic E-state index is 0.0451. The minimum Gasteiger partial charge on any atom is -0.483 e. The van der Waals surface area contributed by atoms with E-state index in [1.54, 1.807) is 26.8 Å². The molecule has 44 heavy (non-hydrogen) atoms. The largest absolute Gasteiger partial charge is 0.483 e. The molecule has 0 fully saturated rings. The molecule has 0 saturated carbocycles. The summed E-state index contributed by atoms with van der Waals surface area (Å²) in [5.41, 5.74) is 0.444. The van der Waals surface area contributed by atoms with Crippen LogP contribution in [0.5, 0.6) is 0 Å². The Morgan fingerprint density at radius 2 is 1.89 bits per heavy atom. The van der Waals surface area contributed by atoms with Crippen molar-refractivity contribution in [3.05, 3.63) is 70.4 Å². The van der Waals surface area contributed by atoms with Gasteiger partial charge in [-0.05, 0) is 62.2 Å². The number of aromatic nitrogens is 3. The van der Waals surface area contributed by atoms with Crippen molar-refractivity contribution in [3.8, 4) is 0 Å². The first-order chi connectivity index (χ1) is 20.8. The Hall–Kier alpha value is -5.41. The number of amides is 2. The first-order valence-corrected chi connectivity index (χ1v) is 12.9. The van der Waals surface area contributed by atoms with E-state index in [4.69, 9.17) is 14.6 Å². The molecule has 0 radical (unpaired) electrons. The number of carboxylic acid groups (broad SMARTS) is 1. The number of halogens is 4. The summed E-state index contributed by atoms with van der Waals surface area (Å²) in [6.07, 6.45) is -1.56. The Bertz CT molecular complexity index is 1670. The summed E-state index contributed by atoms with van der Waals surface area (Å²) in [6.45, 7) is 5.78. The van der Waals surface area contributed by atoms with Crippen LogP contribution in [0.4, 0.5) is 39.8 Å². The molecule has 3 aromatic rings. The van der Waals surface area contributed by atoms with E-state index >= 15 is 0 Å². The summed E-state index contributed by atoms with van der Waals surface area (Å²) in [5.74, 6) is -0.691. The molecule has 16 heteroatoms. The van der Waals surface area contributed by atoms with Crippen molar-refractivity contribution < 1.29 is 41.8 Å². The molecule has 2 amide bonds. The maximum Gasteiger partial charge on any atom is 0.416 e. The molecule has 4 heterocycles. The molecular weight excluding hydrogens is 590 g/mol. The van der Waals surface area contributed by atoms with Crippen LogP contribution in [0.15, 0.2) is 41.7 Å². The van der Waals surface area contributed by atoms with E-state index in [-0.39, 0.29) is 24.2 Å². The van der Waals surface area contributed by atoms with Crippen molar-refractivity contribution >= 4 is 53.4 Å². The van der Waals surface area contributed by atoms with Gasteiger partial charge in [-0.2, -0.15) is 18.2 Å². The summed E-state index contributed by atoms with van der Waals surface area (Å²) < 4.78 is 59.3. The number of fused-ring (bicyclic) bond motifs is 3. The zero-order valence-electron chi connectivity index (χ0n) is 23.4. The van der Waals surface area contributed by atoms with Gasteiger partial charge in [-0.3, -0.25) is 24.9 Å². The molecule has 0 atom stereocenters. The number of benzene rings is 1. The molecule has 12 nitrogen and oxygen atoms in total. The second-order valence-electron chi connectivity index (χ2n) is 9.60. The predicted octanol–water partition coefficient (Wildman–Crippen LogP) is 5.02. The number of aliphatic imine (C=N–C) groups is 1. The van der Waals surface area contributed by atoms with Crippen molar-refractivity contribution in [3.63, 3.8) is 0 Å². The molecule has 230 valence electrons. The van der Waals surface area contributed by atoms with Gasteiger partial charge in [0.1, 0.15) is 23.2 Å². The molecule has 2 aromatic heterocycles. The molecule has 0 unspecified atom stereocenters. The number of pyridine rings is 1. The predicted molar refractivity (Wildman–Crippen MR) is 152 cm³/mol. The first kappa shape index (κ1) is 31.5. The van der Waals surface area contributed by atoms with Crippen LogP contribution in [-0.4, -0.2) is 63.6 Å². The van der Waals surface area contributed by atoms with Crippen LogP contribution >= 0.6 is 0 Å². The van der Waals surface area contributed by atoms with Crippen molar-refractivity contribution in [2.75, 3.05) is 28.6 Å². The zero-order valence-corrected chi connectivity index (χ0v) is 23.4. The summed E-state index contributed by atoms with van der Waals surface area (Å²) in [4.78, 5) is 51.8. The molecule has 2 aliphatic heterocycles. The van der Waals surface area contributed by atoms with E-state index in [1.807, 2.05) is 4.90 Å². The topological polar surface area (TPSA) is 159 Å². The summed E-state index contributed by atoms with van der Waals surface area (Å²) in [5, 5.41) is 11.7. The lowest BCUT2D eigenvalue weighted by Crippen LogP contribution is -2.33. The average molecular weight is 616 g/mol. The van der Waals surface area contributed by atoms with Gasteiger partial charge in [0.05, 0.1) is 23.9 Å². The molecule has 1 aromatic carbocycles. The van der Waals surface area contributed by atoms with Crippen LogP contribution in [-0.2, 0) is 15.7 Å². The SMILES string of the molecule is Cc1cc(F)c(NC(=O)c2cc(C(F)(F)F)ccn2)cc1C1=Cc2cnc(NC(=O)OC(C)C)nc2N2CCN=C12.O=CO. The lowest BCUT2D eigenvalue weighted by molar-refractivity contribution is -0.137. The summed E-state index contributed by atoms with van der Waals surface area (Å²) >= 11 is 0. The number of carbonyl (C=O) groups is 3. The fraction of sp³-hybridized carbons (Fsp3) is 0.250. The number of carbonyl (C=O) groups excluding carboxylic acids is 2. The normalized spacial score (nSPS) is 13.5. The fourth-order valence-electron chi connectivity index (χ4n) is 4.37. The Labute approximate surface area is 247 Å². The number of nitrogens with zero attached hydrogens (tertiary/aromatic N) is 5. The molecule has 5 rings (SSSR count). The average Bonchev–Trinajstić information content (AvgIpc) is 3.44. The molecule has 0 aliphatic carbocycles. The van der Waals surface area contributed by atoms with Crippen LogP contribution < -0.4 is 15.5 Å². The van der Waals surface area contributed by atoms with Gasteiger partial charge in [-0.1, -0.05) is 0 Å². The Morgan fingerprint density at radius 3 is 2.57 bits per heavy atom. The number of amidine groups is 1. The number of ether oxygens (including phenoxy) is 1. The first-order valence-electron chi connectivity index (χ1n) is 12.9. The lowest BCUT2D eigenvalue weighted by atomic mass is 9.94. The quantitative estimate of drug-likeness (QED) is 0.265. The van der Waals surface area contributed by atoms with Crippen molar-refractivity contribution in [2.24, 2.45) is 4.99 Å². The smallest absolute Gasteiger partial charge is 0.416 e. The molecule has 3 N–H and O–H groups in total. The maximum absolute atomic E-state index is 14.9. The van der Waals surface area contributed by atoms with E-state index < -0.39 is 35.3 Å². The van der Waals surface area contributed by atoms with Crippen LogP contribution in [0.2, 0.25) is 0 Å². The van der Waals surface area contributed by atoms with E-state index in [0.717, 1.165) is 12.3 Å². The highest BCUT2D eigenvalue weighted by Gasteiger charge is 2.33. The van der Waals surface area contributed by atoms with Crippen LogP contribution in [0.1, 0.15) is 46.6 Å². The number of hydrogen-bond acceptors (Lipinski definition) is 9. The van der Waals surface area contributed by atoms with Gasteiger partial charge in [-0.15, -0.1) is 0 Å². The molecule has 2 aliphatic rings. The second-order valence-corrected chi connectivity index (χ2v) is 9.60. The highest BCUT2D eigenvalue weighted by molar-refractivity contribution is 6.36. The molecule has 0 spiro atoms. The monoisotopic (exact) mass is 615 g/mol. The third-order valence-electron chi connectivity index (χ3n) is 6.16. The number of anilines is 3. The number of rotatable bonds is 5. The van der Waals surface area contributed by atoms with Crippen LogP contribution in [0, 0.1) is 12.7 Å². The van der Waals surface area contributed by atoms with Gasteiger partial charge in [0, 0.05) is 30.1 Å². The van der Waals surface area contributed by atoms with Crippen LogP contribution in [0.3, 0.4) is 0 Å².